The van der Waals surface area contributed by atoms with Crippen molar-refractivity contribution in [1.29, 1.82) is 0 Å². The van der Waals surface area contributed by atoms with Gasteiger partial charge < -0.3 is 45.3 Å². The summed E-state index contributed by atoms with van der Waals surface area (Å²) in [4.78, 5) is 16.9. The number of methoxy groups -OCH3 is 1. The Morgan fingerprint density at radius 2 is 1.00 bits per heavy atom. The summed E-state index contributed by atoms with van der Waals surface area (Å²) in [7, 11) is -10.4. The molecular formula is C42H118O13Si7. The van der Waals surface area contributed by atoms with E-state index < -0.39 is 66.5 Å². The summed E-state index contributed by atoms with van der Waals surface area (Å²) in [5.41, 5.74) is 0. The number of carbonyl (C=O) groups excluding carboxylic acids is 1. The zero-order chi connectivity index (χ0) is 41.0. The molecular weight excluding hydrogens is 909 g/mol. The van der Waals surface area contributed by atoms with Crippen LogP contribution in [0.3, 0.4) is 0 Å². The molecule has 1 saturated carbocycles. The molecule has 0 radical (unpaired) electrons. The lowest BCUT2D eigenvalue weighted by molar-refractivity contribution is -0.272. The minimum Gasteiger partial charge on any atom is -0.465 e. The largest absolute Gasteiger partial charge is 0.465 e. The quantitative estimate of drug-likeness (QED) is 0.0227. The van der Waals surface area contributed by atoms with Gasteiger partial charge in [-0.1, -0.05) is 86.4 Å². The van der Waals surface area contributed by atoms with E-state index in [-0.39, 0.29) is 99.7 Å². The molecule has 1 fully saturated rings. The number of aliphatic hydroxyl groups excluding tert-OH is 1. The van der Waals surface area contributed by atoms with E-state index >= 15 is 0 Å². The predicted molar refractivity (Wildman–Crippen MR) is 293 cm³/mol. The lowest BCUT2D eigenvalue weighted by atomic mass is 9.94. The number of allylic oxidation sites excluding steroid dienone is 2. The fourth-order valence-electron chi connectivity index (χ4n) is 5.44. The zero-order valence-corrected chi connectivity index (χ0v) is 43.2. The van der Waals surface area contributed by atoms with E-state index in [0.29, 0.717) is 25.0 Å². The van der Waals surface area contributed by atoms with Crippen LogP contribution in [0.25, 0.3) is 0 Å². The third kappa shape index (κ3) is 56.4. The van der Waals surface area contributed by atoms with Gasteiger partial charge >= 0.3 is 31.7 Å². The summed E-state index contributed by atoms with van der Waals surface area (Å²) in [5, 5.41) is 14.2. The molecule has 2 aliphatic carbocycles. The highest BCUT2D eigenvalue weighted by atomic mass is 28.4. The van der Waals surface area contributed by atoms with Crippen LogP contribution in [0.15, 0.2) is 12.2 Å². The minimum atomic E-state index is -2.47. The highest BCUT2D eigenvalue weighted by molar-refractivity contribution is 6.82. The molecule has 0 amide bonds. The third-order valence-electron chi connectivity index (χ3n) is 6.54. The highest BCUT2D eigenvalue weighted by Gasteiger charge is 2.40. The van der Waals surface area contributed by atoms with Crippen LogP contribution in [0.4, 0.5) is 0 Å². The van der Waals surface area contributed by atoms with Gasteiger partial charge in [-0.15, -0.1) is 0 Å². The number of hydrogen-bond donors (Lipinski definition) is 2. The summed E-state index contributed by atoms with van der Waals surface area (Å²) < 4.78 is 50.8. The van der Waals surface area contributed by atoms with Crippen molar-refractivity contribution in [2.45, 2.75) is 205 Å². The summed E-state index contributed by atoms with van der Waals surface area (Å²) in [6, 6.07) is 0. The van der Waals surface area contributed by atoms with Crippen LogP contribution < -0.4 is 0 Å². The molecule has 0 aromatic heterocycles. The van der Waals surface area contributed by atoms with Crippen molar-refractivity contribution in [3.05, 3.63) is 12.2 Å². The van der Waals surface area contributed by atoms with Gasteiger partial charge in [0.15, 0.2) is 40.8 Å². The molecule has 0 aliphatic heterocycles. The van der Waals surface area contributed by atoms with Crippen LogP contribution >= 0.6 is 0 Å². The Kier molecular flexibility index (Phi) is 65.4. The van der Waals surface area contributed by atoms with Crippen LogP contribution in [0.1, 0.15) is 93.5 Å². The Morgan fingerprint density at radius 1 is 0.597 bits per heavy atom. The van der Waals surface area contributed by atoms with Gasteiger partial charge in [-0.3, -0.25) is 4.79 Å². The Hall–Kier alpha value is 0.288. The number of esters is 1. The molecule has 2 N–H and O–H groups in total. The van der Waals surface area contributed by atoms with Gasteiger partial charge in [0.1, 0.15) is 13.6 Å². The van der Waals surface area contributed by atoms with E-state index in [9.17, 15) is 4.79 Å². The highest BCUT2D eigenvalue weighted by Crippen LogP contribution is 2.43. The van der Waals surface area contributed by atoms with Crippen molar-refractivity contribution in [3.8, 4) is 0 Å². The van der Waals surface area contributed by atoms with E-state index in [1.54, 1.807) is 7.11 Å². The van der Waals surface area contributed by atoms with Crippen LogP contribution in [-0.4, -0.2) is 117 Å². The second-order valence-electron chi connectivity index (χ2n) is 17.3. The first kappa shape index (κ1) is 92.5. The third-order valence-corrected chi connectivity index (χ3v) is 23.0. The number of rotatable bonds is 20. The SMILES string of the molecule is C.C.C.C.C.C.C.C.C.C.COCCCOC(=O)C1CC2C=CC1C2.C[SiH](C)O[Si](C)(C)C.C[Si](C)(C)O[Si](C)(C)OCOO[Si](C)(C)OCO[Si](C)(C)O[Si](C)(C)C.OCO. The van der Waals surface area contributed by atoms with Crippen LogP contribution in [0.5, 0.6) is 0 Å². The van der Waals surface area contributed by atoms with E-state index in [0.717, 1.165) is 19.3 Å². The number of carbonyl (C=O) groups is 1. The molecule has 0 aromatic carbocycles. The standard InChI is InChI=1S/C14H40O7Si5.C12H18O3.C5H16OSi2.CH4O2.10CH4/c1-22(2,3)20-25(9,10)16-13-15-19-24(7,8)17-14-18-26(11,12)21-23(4,5)6;1-14-5-2-6-15-12(13)11-8-9-3-4-10(11)7-9;1-7(2)6-8(3,4)5;2-1-3;;;;;;;;;;/h13-14H2,1-12H3;3-4,9-11H,2,5-8H2,1H3;7H,1-5H3;2-3H,1H2;10*1H4. The van der Waals surface area contributed by atoms with Gasteiger partial charge in [-0.2, -0.15) is 0 Å². The normalized spacial score (nSPS) is 15.9. The summed E-state index contributed by atoms with van der Waals surface area (Å²) in [6.45, 7) is 36.5. The second kappa shape index (κ2) is 43.8. The average Bonchev–Trinajstić information content (AvgIpc) is 3.55. The Balaban J connectivity index is -0.0000000599. The van der Waals surface area contributed by atoms with Crippen molar-refractivity contribution in [1.82, 2.24) is 0 Å². The minimum absolute atomic E-state index is 0. The molecule has 13 nitrogen and oxygen atoms in total. The van der Waals surface area contributed by atoms with Crippen molar-refractivity contribution in [2.75, 3.05) is 40.7 Å². The van der Waals surface area contributed by atoms with E-state index in [1.165, 1.54) is 0 Å². The number of aliphatic hydroxyl groups is 2. The topological polar surface area (TPSA) is 150 Å². The molecule has 20 heteroatoms. The monoisotopic (exact) mass is 1030 g/mol. The lowest BCUT2D eigenvalue weighted by Crippen LogP contribution is -2.47. The van der Waals surface area contributed by atoms with Gasteiger partial charge in [0.25, 0.3) is 0 Å². The predicted octanol–water partition coefficient (Wildman–Crippen LogP) is 13.6. The fraction of sp³-hybridized carbons (Fsp3) is 0.929. The molecule has 2 aliphatic rings. The molecule has 0 saturated heterocycles. The Bertz CT molecular complexity index is 989. The van der Waals surface area contributed by atoms with Crippen molar-refractivity contribution in [3.63, 3.8) is 0 Å². The Morgan fingerprint density at radius 3 is 1.31 bits per heavy atom. The van der Waals surface area contributed by atoms with Crippen LogP contribution in [-0.2, 0) is 49.4 Å². The Labute approximate surface area is 398 Å². The lowest BCUT2D eigenvalue weighted by Gasteiger charge is -2.32. The maximum Gasteiger partial charge on any atom is 0.370 e. The van der Waals surface area contributed by atoms with E-state index in [4.69, 9.17) is 54.8 Å². The van der Waals surface area contributed by atoms with E-state index in [1.807, 2.05) is 39.3 Å². The molecule has 2 bridgehead atoms. The smallest absolute Gasteiger partial charge is 0.370 e. The van der Waals surface area contributed by atoms with Gasteiger partial charge in [0, 0.05) is 20.1 Å². The first-order valence-corrected chi connectivity index (χ1v) is 39.8. The maximum absolute atomic E-state index is 11.7. The van der Waals surface area contributed by atoms with Gasteiger partial charge in [-0.05, 0) is 136 Å². The number of ether oxygens (including phenoxy) is 2. The van der Waals surface area contributed by atoms with Gasteiger partial charge in [-0.25, -0.2) is 9.46 Å². The first-order chi connectivity index (χ1) is 23.5. The van der Waals surface area contributed by atoms with Crippen LogP contribution in [0.2, 0.25) is 111 Å². The molecule has 0 heterocycles. The second-order valence-corrected chi connectivity index (χ2v) is 44.1. The first-order valence-electron chi connectivity index (χ1n) is 18.3. The fourth-order valence-corrected chi connectivity index (χ4v) is 24.9. The average molecular weight is 1030 g/mol. The summed E-state index contributed by atoms with van der Waals surface area (Å²) in [5.74, 6) is 1.20. The number of fused-ring (bicyclic) bond motifs is 2. The van der Waals surface area contributed by atoms with Crippen molar-refractivity contribution >= 4 is 65.6 Å². The molecule has 0 aromatic rings. The van der Waals surface area contributed by atoms with Gasteiger partial charge in [0.2, 0.25) is 0 Å². The molecule has 0 spiro atoms. The van der Waals surface area contributed by atoms with E-state index in [2.05, 4.69) is 84.2 Å². The summed E-state index contributed by atoms with van der Waals surface area (Å²) >= 11 is 0. The molecule has 2 rings (SSSR count). The molecule has 392 valence electrons. The summed E-state index contributed by atoms with van der Waals surface area (Å²) in [6.07, 6.45) is 7.34. The van der Waals surface area contributed by atoms with Crippen molar-refractivity contribution in [2.24, 2.45) is 17.8 Å². The molecule has 3 atom stereocenters. The number of hydrogen-bond acceptors (Lipinski definition) is 13. The molecule has 3 unspecified atom stereocenters. The molecule has 62 heavy (non-hydrogen) atoms. The van der Waals surface area contributed by atoms with Crippen LogP contribution in [0, 0.1) is 17.8 Å². The van der Waals surface area contributed by atoms with Gasteiger partial charge in [0.05, 0.1) is 12.5 Å². The van der Waals surface area contributed by atoms with Crippen molar-refractivity contribution < 1.29 is 59.6 Å². The maximum atomic E-state index is 11.7. The zero-order valence-electron chi connectivity index (χ0n) is 36.0.